The highest BCUT2D eigenvalue weighted by atomic mass is 16.2. The second-order valence-corrected chi connectivity index (χ2v) is 5.24. The molecule has 0 bridgehead atoms. The van der Waals surface area contributed by atoms with E-state index in [-0.39, 0.29) is 23.6 Å². The number of amides is 3. The monoisotopic (exact) mass is 289 g/mol. The smallest absolute Gasteiger partial charge is 0.229 e. The highest BCUT2D eigenvalue weighted by Gasteiger charge is 2.24. The van der Waals surface area contributed by atoms with Crippen LogP contribution in [0.5, 0.6) is 0 Å². The van der Waals surface area contributed by atoms with Crippen molar-refractivity contribution in [2.45, 2.75) is 26.7 Å². The SMILES string of the molecule is CC(=O)Nc1ccc(NC(=O)C2CCC(=O)NC2)cc1C. The molecule has 1 aliphatic rings. The Bertz CT molecular complexity index is 574. The Morgan fingerprint density at radius 3 is 2.62 bits per heavy atom. The predicted octanol–water partition coefficient (Wildman–Crippen LogP) is 1.42. The average molecular weight is 289 g/mol. The molecule has 6 heteroatoms. The Morgan fingerprint density at radius 1 is 1.29 bits per heavy atom. The number of aryl methyl sites for hydroxylation is 1. The third-order valence-corrected chi connectivity index (χ3v) is 3.44. The van der Waals surface area contributed by atoms with E-state index in [0.717, 1.165) is 11.3 Å². The van der Waals surface area contributed by atoms with Gasteiger partial charge in [-0.1, -0.05) is 0 Å². The quantitative estimate of drug-likeness (QED) is 0.786. The van der Waals surface area contributed by atoms with Crippen LogP contribution in [0.15, 0.2) is 18.2 Å². The molecule has 1 aliphatic heterocycles. The van der Waals surface area contributed by atoms with Crippen LogP contribution in [-0.4, -0.2) is 24.3 Å². The maximum absolute atomic E-state index is 12.1. The standard InChI is InChI=1S/C15H19N3O3/c1-9-7-12(4-5-13(9)17-10(2)19)18-15(21)11-3-6-14(20)16-8-11/h4-5,7,11H,3,6,8H2,1-2H3,(H,16,20)(H,17,19)(H,18,21). The molecule has 0 radical (unpaired) electrons. The Balaban J connectivity index is 1.99. The van der Waals surface area contributed by atoms with Gasteiger partial charge < -0.3 is 16.0 Å². The number of benzene rings is 1. The lowest BCUT2D eigenvalue weighted by Gasteiger charge is -2.21. The zero-order valence-corrected chi connectivity index (χ0v) is 12.2. The number of piperidine rings is 1. The second kappa shape index (κ2) is 6.39. The lowest BCUT2D eigenvalue weighted by atomic mass is 9.98. The van der Waals surface area contributed by atoms with Crippen molar-refractivity contribution in [1.29, 1.82) is 0 Å². The molecular weight excluding hydrogens is 270 g/mol. The summed E-state index contributed by atoms with van der Waals surface area (Å²) in [6.07, 6.45) is 0.958. The molecule has 1 aromatic carbocycles. The van der Waals surface area contributed by atoms with Gasteiger partial charge in [-0.2, -0.15) is 0 Å². The van der Waals surface area contributed by atoms with Crippen LogP contribution in [0, 0.1) is 12.8 Å². The fraction of sp³-hybridized carbons (Fsp3) is 0.400. The number of carbonyl (C=O) groups excluding carboxylic acids is 3. The van der Waals surface area contributed by atoms with E-state index in [4.69, 9.17) is 0 Å². The number of anilines is 2. The molecule has 6 nitrogen and oxygen atoms in total. The Hall–Kier alpha value is -2.37. The first-order valence-electron chi connectivity index (χ1n) is 6.91. The Kier molecular flexibility index (Phi) is 4.57. The highest BCUT2D eigenvalue weighted by Crippen LogP contribution is 2.21. The van der Waals surface area contributed by atoms with Gasteiger partial charge in [0.1, 0.15) is 0 Å². The molecule has 0 spiro atoms. The topological polar surface area (TPSA) is 87.3 Å². The summed E-state index contributed by atoms with van der Waals surface area (Å²) in [6.45, 7) is 3.70. The summed E-state index contributed by atoms with van der Waals surface area (Å²) in [7, 11) is 0. The van der Waals surface area contributed by atoms with Crippen LogP contribution in [-0.2, 0) is 14.4 Å². The minimum atomic E-state index is -0.196. The largest absolute Gasteiger partial charge is 0.355 e. The van der Waals surface area contributed by atoms with Gasteiger partial charge >= 0.3 is 0 Å². The third kappa shape index (κ3) is 4.05. The first kappa shape index (κ1) is 15.0. The molecule has 3 amide bonds. The van der Waals surface area contributed by atoms with E-state index in [1.807, 2.05) is 13.0 Å². The van der Waals surface area contributed by atoms with Gasteiger partial charge in [0.25, 0.3) is 0 Å². The number of hydrogen-bond donors (Lipinski definition) is 3. The first-order valence-corrected chi connectivity index (χ1v) is 6.91. The van der Waals surface area contributed by atoms with Crippen molar-refractivity contribution in [1.82, 2.24) is 5.32 Å². The first-order chi connectivity index (χ1) is 9.95. The fourth-order valence-electron chi connectivity index (χ4n) is 2.27. The Labute approximate surface area is 123 Å². The van der Waals surface area contributed by atoms with Gasteiger partial charge in [0.15, 0.2) is 0 Å². The van der Waals surface area contributed by atoms with Gasteiger partial charge in [0.2, 0.25) is 17.7 Å². The predicted molar refractivity (Wildman–Crippen MR) is 79.8 cm³/mol. The minimum Gasteiger partial charge on any atom is -0.355 e. The van der Waals surface area contributed by atoms with Gasteiger partial charge in [-0.15, -0.1) is 0 Å². The molecule has 1 fully saturated rings. The van der Waals surface area contributed by atoms with Gasteiger partial charge in [-0.05, 0) is 37.1 Å². The molecule has 1 aromatic rings. The van der Waals surface area contributed by atoms with E-state index in [1.54, 1.807) is 12.1 Å². The summed E-state index contributed by atoms with van der Waals surface area (Å²) in [6, 6.07) is 5.32. The van der Waals surface area contributed by atoms with Crippen LogP contribution < -0.4 is 16.0 Å². The van der Waals surface area contributed by atoms with Gasteiger partial charge in [-0.3, -0.25) is 14.4 Å². The normalized spacial score (nSPS) is 17.8. The van der Waals surface area contributed by atoms with Crippen molar-refractivity contribution < 1.29 is 14.4 Å². The minimum absolute atomic E-state index is 0.00504. The summed E-state index contributed by atoms with van der Waals surface area (Å²) >= 11 is 0. The maximum atomic E-state index is 12.1. The molecule has 112 valence electrons. The summed E-state index contributed by atoms with van der Waals surface area (Å²) in [5, 5.41) is 8.26. The van der Waals surface area contributed by atoms with Crippen LogP contribution in [0.4, 0.5) is 11.4 Å². The van der Waals surface area contributed by atoms with E-state index in [9.17, 15) is 14.4 Å². The maximum Gasteiger partial charge on any atom is 0.229 e. The summed E-state index contributed by atoms with van der Waals surface area (Å²) in [4.78, 5) is 34.2. The molecule has 0 saturated carbocycles. The highest BCUT2D eigenvalue weighted by molar-refractivity contribution is 5.95. The lowest BCUT2D eigenvalue weighted by molar-refractivity contribution is -0.126. The van der Waals surface area contributed by atoms with Crippen molar-refractivity contribution in [3.05, 3.63) is 23.8 Å². The van der Waals surface area contributed by atoms with Gasteiger partial charge in [0.05, 0.1) is 5.92 Å². The summed E-state index contributed by atoms with van der Waals surface area (Å²) < 4.78 is 0. The molecule has 1 saturated heterocycles. The summed E-state index contributed by atoms with van der Waals surface area (Å²) in [5.74, 6) is -0.429. The zero-order valence-electron chi connectivity index (χ0n) is 12.2. The zero-order chi connectivity index (χ0) is 15.4. The average Bonchev–Trinajstić information content (AvgIpc) is 2.42. The third-order valence-electron chi connectivity index (χ3n) is 3.44. The van der Waals surface area contributed by atoms with E-state index >= 15 is 0 Å². The van der Waals surface area contributed by atoms with Crippen LogP contribution in [0.25, 0.3) is 0 Å². The van der Waals surface area contributed by atoms with E-state index in [0.29, 0.717) is 25.1 Å². The number of carbonyl (C=O) groups is 3. The lowest BCUT2D eigenvalue weighted by Crippen LogP contribution is -2.40. The van der Waals surface area contributed by atoms with Crippen molar-refractivity contribution in [3.63, 3.8) is 0 Å². The van der Waals surface area contributed by atoms with Crippen LogP contribution in [0.1, 0.15) is 25.3 Å². The molecular formula is C15H19N3O3. The number of nitrogens with one attached hydrogen (secondary N) is 3. The van der Waals surface area contributed by atoms with E-state index in [1.165, 1.54) is 6.92 Å². The van der Waals surface area contributed by atoms with Gasteiger partial charge in [-0.25, -0.2) is 0 Å². The molecule has 3 N–H and O–H groups in total. The second-order valence-electron chi connectivity index (χ2n) is 5.24. The van der Waals surface area contributed by atoms with Gasteiger partial charge in [0, 0.05) is 31.3 Å². The Morgan fingerprint density at radius 2 is 2.05 bits per heavy atom. The van der Waals surface area contributed by atoms with Crippen LogP contribution in [0.2, 0.25) is 0 Å². The van der Waals surface area contributed by atoms with Crippen LogP contribution in [0.3, 0.4) is 0 Å². The van der Waals surface area contributed by atoms with Crippen molar-refractivity contribution in [2.75, 3.05) is 17.2 Å². The molecule has 0 aliphatic carbocycles. The molecule has 2 rings (SSSR count). The molecule has 1 atom stereocenters. The molecule has 0 aromatic heterocycles. The van der Waals surface area contributed by atoms with E-state index in [2.05, 4.69) is 16.0 Å². The fourth-order valence-corrected chi connectivity index (χ4v) is 2.27. The van der Waals surface area contributed by atoms with E-state index < -0.39 is 0 Å². The molecule has 21 heavy (non-hydrogen) atoms. The number of rotatable bonds is 3. The molecule has 1 unspecified atom stereocenters. The molecule has 1 heterocycles. The summed E-state index contributed by atoms with van der Waals surface area (Å²) in [5.41, 5.74) is 2.29. The number of hydrogen-bond acceptors (Lipinski definition) is 3. The van der Waals surface area contributed by atoms with Crippen molar-refractivity contribution in [2.24, 2.45) is 5.92 Å². The van der Waals surface area contributed by atoms with Crippen molar-refractivity contribution >= 4 is 29.1 Å². The van der Waals surface area contributed by atoms with Crippen LogP contribution >= 0.6 is 0 Å². The van der Waals surface area contributed by atoms with Crippen molar-refractivity contribution in [3.8, 4) is 0 Å².